The van der Waals surface area contributed by atoms with Gasteiger partial charge in [-0.2, -0.15) is 0 Å². The lowest BCUT2D eigenvalue weighted by Crippen LogP contribution is -2.57. The van der Waals surface area contributed by atoms with Gasteiger partial charge < -0.3 is 28.9 Å². The van der Waals surface area contributed by atoms with Gasteiger partial charge in [0.15, 0.2) is 23.1 Å². The van der Waals surface area contributed by atoms with Gasteiger partial charge in [-0.15, -0.1) is 0 Å². The van der Waals surface area contributed by atoms with Gasteiger partial charge in [0, 0.05) is 93.9 Å². The summed E-state index contributed by atoms with van der Waals surface area (Å²) < 4.78 is 18.3. The Morgan fingerprint density at radius 3 is 1.11 bits per heavy atom. The number of benzene rings is 12. The van der Waals surface area contributed by atoms with Crippen LogP contribution in [0.25, 0.3) is 0 Å². The molecule has 0 amide bonds. The van der Waals surface area contributed by atoms with Crippen LogP contribution in [0.15, 0.2) is 306 Å². The summed E-state index contributed by atoms with van der Waals surface area (Å²) in [5.41, 5.74) is 30.6. The molecule has 0 unspecified atom stereocenters. The Morgan fingerprint density at radius 1 is 0.258 bits per heavy atom. The van der Waals surface area contributed by atoms with Crippen molar-refractivity contribution in [2.75, 3.05) is 28.8 Å². The number of hydrogen-bond acceptors (Lipinski definition) is 13. The molecule has 10 heterocycles. The van der Waals surface area contributed by atoms with Crippen LogP contribution in [0.2, 0.25) is 26.2 Å². The number of nitrogens with zero attached hydrogens (tertiary/aromatic N) is 6. The normalized spacial score (nSPS) is 14.5. The van der Waals surface area contributed by atoms with E-state index < -0.39 is 16.1 Å². The second kappa shape index (κ2) is 36.3. The van der Waals surface area contributed by atoms with Crippen molar-refractivity contribution < 1.29 is 14.2 Å². The minimum atomic E-state index is -1.73. The van der Waals surface area contributed by atoms with Gasteiger partial charge in [0.25, 0.3) is 0 Å². The Balaban J connectivity index is 0.000000110. The third-order valence-corrected chi connectivity index (χ3v) is 39.2. The number of para-hydroxylation sites is 4. The van der Waals surface area contributed by atoms with E-state index in [1.165, 1.54) is 156 Å². The van der Waals surface area contributed by atoms with Crippen LogP contribution in [0.3, 0.4) is 0 Å². The van der Waals surface area contributed by atoms with Crippen LogP contribution in [-0.4, -0.2) is 45.2 Å². The molecule has 3 aromatic heterocycles. The first-order valence-electron chi connectivity index (χ1n) is 44.2. The quantitative estimate of drug-likeness (QED) is 0.147. The summed E-state index contributed by atoms with van der Waals surface area (Å²) in [5.74, 6) is 6.61. The van der Waals surface area contributed by atoms with Gasteiger partial charge in [0.2, 0.25) is 0 Å². The Bertz CT molecular complexity index is 5890. The van der Waals surface area contributed by atoms with Crippen molar-refractivity contribution in [2.24, 2.45) is 0 Å². The van der Waals surface area contributed by atoms with Gasteiger partial charge in [0.1, 0.15) is 33.4 Å². The third-order valence-electron chi connectivity index (χ3n) is 26.1. The smallest absolute Gasteiger partial charge is 0.176 e. The van der Waals surface area contributed by atoms with Gasteiger partial charge in [-0.25, -0.2) is 4.98 Å². The van der Waals surface area contributed by atoms with Crippen LogP contribution in [0.1, 0.15) is 128 Å². The standard InChI is InChI=1S/C20H17NS.C17H18S.C16H17NO.C16H18SSi.C15H17NOSi.C15H15NS.C14H14N2O/c1-14-8-6-12-17-19(14)22-20-15(2)9-7-13-18(20)21(17)16-10-4-3-5-11-16;1-11-7-5-9-13-15(11)18-16-12(2)8-6-10-14(16)17(13,3)4;1-10-6-5-7-12-13(10)18-14-11(2)8-9-17-15(14)16(12,3)4;1-11-7-5-9-13-15(11)17-16-12(2)8-6-10-14(16)18(13,3)4;1-10-6-5-7-12-13(10)17-14-11(2)8-9-16-15(14)18(12,3)4;1-10-6-4-8-12-14(10)17-15-11(2)7-5-9-13(15)16(12)3;1-9-5-4-6-11-12(9)17-13-10(2)7-8-15-14(13)16(11)3/h3-13H,1-2H3;5-10H,1-4H3;5-9H,1-4H3;5-10H,1-4H3;5-9H,1-4H3;4-9H,1-3H3;4-8H,1-3H3. The Hall–Kier alpha value is -11.3. The van der Waals surface area contributed by atoms with E-state index in [2.05, 4.69) is 405 Å². The fourth-order valence-electron chi connectivity index (χ4n) is 18.3. The van der Waals surface area contributed by atoms with E-state index in [-0.39, 0.29) is 10.8 Å². The minimum Gasteiger partial charge on any atom is -0.455 e. The first-order valence-corrected chi connectivity index (χ1v) is 53.5. The average Bonchev–Trinajstić information content (AvgIpc) is 0.743. The summed E-state index contributed by atoms with van der Waals surface area (Å²) in [6.45, 7) is 48.8. The van der Waals surface area contributed by atoms with Crippen LogP contribution in [0, 0.1) is 96.9 Å². The highest BCUT2D eigenvalue weighted by Crippen LogP contribution is 2.57. The molecular weight excluding hydrogens is 1670 g/mol. The molecule has 0 fully saturated rings. The summed E-state index contributed by atoms with van der Waals surface area (Å²) in [6, 6.07) is 88.5. The topological polar surface area (TPSA) is 76.1 Å². The molecule has 22 rings (SSSR count). The first-order chi connectivity index (χ1) is 61.2. The van der Waals surface area contributed by atoms with Crippen LogP contribution >= 0.6 is 47.0 Å². The molecule has 0 bridgehead atoms. The molecule has 7 aliphatic heterocycles. The maximum absolute atomic E-state index is 6.15. The fraction of sp³-hybridized carbons (Fsp3) is 0.230. The molecule has 7 aliphatic rings. The van der Waals surface area contributed by atoms with Crippen LogP contribution < -0.4 is 49.8 Å². The van der Waals surface area contributed by atoms with Gasteiger partial charge in [-0.3, -0.25) is 9.97 Å². The third kappa shape index (κ3) is 16.9. The fourth-order valence-corrected chi connectivity index (χ4v) is 30.8. The van der Waals surface area contributed by atoms with Crippen LogP contribution in [-0.2, 0) is 10.8 Å². The van der Waals surface area contributed by atoms with E-state index in [9.17, 15) is 0 Å². The van der Waals surface area contributed by atoms with Gasteiger partial charge in [-0.1, -0.05) is 275 Å². The Kier molecular flexibility index (Phi) is 25.6. The average molecular weight is 1790 g/mol. The molecule has 0 spiro atoms. The summed E-state index contributed by atoms with van der Waals surface area (Å²) in [6.07, 6.45) is 5.57. The SMILES string of the molecule is Cc1cccc2c1Oc1c(C)ccnc1C2(C)C.Cc1cccc2c1Oc1c(C)ccnc1N2C.Cc1cccc2c1Oc1c(C)ccnc1[Si]2(C)C.Cc1cccc2c1Sc1c(C)cccc1C2(C)C.Cc1cccc2c1Sc1c(C)cccc1N2C.Cc1cccc2c1Sc1c(C)cccc1N2c1ccccc1.Cc1cccc2c1Sc1c(C)cccc1[Si]2(C)C. The molecule has 12 aromatic carbocycles. The largest absolute Gasteiger partial charge is 0.455 e. The highest BCUT2D eigenvalue weighted by Gasteiger charge is 2.42. The number of aryl methyl sites for hydroxylation is 14. The van der Waals surface area contributed by atoms with Crippen LogP contribution in [0.4, 0.5) is 39.9 Å². The number of pyridine rings is 3. The van der Waals surface area contributed by atoms with Gasteiger partial charge in [0.05, 0.1) is 39.4 Å². The van der Waals surface area contributed by atoms with Crippen molar-refractivity contribution >= 4 is 124 Å². The second-order valence-electron chi connectivity index (χ2n) is 36.7. The monoisotopic (exact) mass is 1790 g/mol. The van der Waals surface area contributed by atoms with Crippen molar-refractivity contribution in [2.45, 2.75) is 201 Å². The number of fused-ring (bicyclic) bond motifs is 14. The molecule has 0 aliphatic carbocycles. The summed E-state index contributed by atoms with van der Waals surface area (Å²) in [5, 5.41) is 5.73. The van der Waals surface area contributed by atoms with E-state index in [1.54, 1.807) is 10.4 Å². The highest BCUT2D eigenvalue weighted by atomic mass is 32.2. The van der Waals surface area contributed by atoms with E-state index in [4.69, 9.17) is 14.2 Å². The van der Waals surface area contributed by atoms with Crippen molar-refractivity contribution in [3.05, 3.63) is 368 Å². The molecule has 0 atom stereocenters. The molecule has 9 nitrogen and oxygen atoms in total. The molecule has 0 N–H and O–H groups in total. The van der Waals surface area contributed by atoms with E-state index in [0.717, 1.165) is 68.4 Å². The van der Waals surface area contributed by atoms with Crippen molar-refractivity contribution in [3.8, 4) is 34.5 Å². The van der Waals surface area contributed by atoms with Crippen LogP contribution in [0.5, 0.6) is 34.5 Å². The highest BCUT2D eigenvalue weighted by molar-refractivity contribution is 8.00. The first kappa shape index (κ1) is 90.1. The molecule has 15 heteroatoms. The zero-order valence-electron chi connectivity index (χ0n) is 78.4. The summed E-state index contributed by atoms with van der Waals surface area (Å²) >= 11 is 7.70. The predicted octanol–water partition coefficient (Wildman–Crippen LogP) is 29.8. The lowest BCUT2D eigenvalue weighted by molar-refractivity contribution is 0.403. The molecule has 648 valence electrons. The predicted molar refractivity (Wildman–Crippen MR) is 549 cm³/mol. The zero-order valence-corrected chi connectivity index (χ0v) is 83.7. The van der Waals surface area contributed by atoms with Gasteiger partial charge in [-0.05, 0) is 276 Å². The molecular formula is C113H116N6O3S4Si2. The number of hydrogen-bond donors (Lipinski definition) is 0. The van der Waals surface area contributed by atoms with Crippen molar-refractivity contribution in [1.29, 1.82) is 0 Å². The minimum absolute atomic E-state index is 0.105. The number of aromatic nitrogens is 3. The molecule has 0 saturated carbocycles. The van der Waals surface area contributed by atoms with E-state index >= 15 is 0 Å². The maximum atomic E-state index is 6.15. The Labute approximate surface area is 778 Å². The zero-order chi connectivity index (χ0) is 90.7. The molecule has 128 heavy (non-hydrogen) atoms. The summed E-state index contributed by atoms with van der Waals surface area (Å²) in [7, 11) is 0.923. The lowest BCUT2D eigenvalue weighted by atomic mass is 9.77. The molecule has 15 aromatic rings. The van der Waals surface area contributed by atoms with E-state index in [1.807, 2.05) is 104 Å². The maximum Gasteiger partial charge on any atom is 0.176 e. The molecule has 0 saturated heterocycles. The van der Waals surface area contributed by atoms with Gasteiger partial charge >= 0.3 is 0 Å². The summed E-state index contributed by atoms with van der Waals surface area (Å²) in [4.78, 5) is 31.7. The lowest BCUT2D eigenvalue weighted by Gasteiger charge is -2.36. The van der Waals surface area contributed by atoms with Crippen molar-refractivity contribution in [3.63, 3.8) is 0 Å². The number of ether oxygens (including phenoxy) is 3. The Morgan fingerprint density at radius 2 is 0.602 bits per heavy atom. The van der Waals surface area contributed by atoms with Crippen molar-refractivity contribution in [1.82, 2.24) is 15.0 Å². The second-order valence-corrected chi connectivity index (χ2v) is 49.4. The molecule has 0 radical (unpaired) electrons. The number of anilines is 7. The number of rotatable bonds is 1. The van der Waals surface area contributed by atoms with E-state index in [0.29, 0.717) is 0 Å².